The van der Waals surface area contributed by atoms with Crippen LogP contribution in [0, 0.1) is 11.8 Å². The molecule has 0 aliphatic carbocycles. The van der Waals surface area contributed by atoms with Gasteiger partial charge in [-0.3, -0.25) is 28.9 Å². The molecule has 2 rings (SSSR count). The van der Waals surface area contributed by atoms with Crippen LogP contribution in [0.4, 0.5) is 5.69 Å². The van der Waals surface area contributed by atoms with E-state index in [9.17, 15) is 24.0 Å². The third-order valence-corrected chi connectivity index (χ3v) is 8.06. The van der Waals surface area contributed by atoms with Gasteiger partial charge in [0.1, 0.15) is 8.96 Å². The molecular formula is C27H35Br2N3O8. The first kappa shape index (κ1) is 33.8. The number of carbonyl (C=O) groups is 5. The fourth-order valence-electron chi connectivity index (χ4n) is 3.71. The van der Waals surface area contributed by atoms with Crippen LogP contribution in [0.2, 0.25) is 0 Å². The number of aliphatic hydroxyl groups excluding tert-OH is 1. The Labute approximate surface area is 250 Å². The lowest BCUT2D eigenvalue weighted by molar-refractivity contribution is -0.138. The van der Waals surface area contributed by atoms with E-state index in [0.29, 0.717) is 5.69 Å². The fourth-order valence-corrected chi connectivity index (χ4v) is 4.47. The van der Waals surface area contributed by atoms with E-state index in [0.717, 1.165) is 10.5 Å². The number of halogens is 2. The number of hydrogen-bond donors (Lipinski definition) is 3. The van der Waals surface area contributed by atoms with Gasteiger partial charge in [-0.1, -0.05) is 32.9 Å². The molecule has 0 unspecified atom stereocenters. The molecule has 13 heteroatoms. The molecule has 0 fully saturated rings. The Morgan fingerprint density at radius 2 is 1.50 bits per heavy atom. The predicted molar refractivity (Wildman–Crippen MR) is 154 cm³/mol. The summed E-state index contributed by atoms with van der Waals surface area (Å²) in [6.07, 6.45) is 0.0109. The highest BCUT2D eigenvalue weighted by Gasteiger charge is 2.35. The van der Waals surface area contributed by atoms with Gasteiger partial charge in [0.2, 0.25) is 11.8 Å². The second-order valence-corrected chi connectivity index (χ2v) is 11.2. The van der Waals surface area contributed by atoms with Crippen LogP contribution < -0.4 is 10.6 Å². The first-order valence-electron chi connectivity index (χ1n) is 12.9. The molecule has 0 saturated heterocycles. The molecule has 11 nitrogen and oxygen atoms in total. The molecule has 1 aliphatic heterocycles. The molecule has 3 N–H and O–H groups in total. The number of rotatable bonds is 17. The quantitative estimate of drug-likeness (QED) is 0.167. The van der Waals surface area contributed by atoms with Crippen molar-refractivity contribution in [2.45, 2.75) is 46.3 Å². The smallest absolute Gasteiger partial charge is 0.269 e. The molecule has 1 aromatic rings. The average Bonchev–Trinajstić information content (AvgIpc) is 3.10. The van der Waals surface area contributed by atoms with Crippen LogP contribution in [0.5, 0.6) is 0 Å². The number of benzene rings is 1. The zero-order valence-electron chi connectivity index (χ0n) is 22.7. The summed E-state index contributed by atoms with van der Waals surface area (Å²) in [5.74, 6) is -2.52. The van der Waals surface area contributed by atoms with Crippen molar-refractivity contribution in [1.29, 1.82) is 0 Å². The van der Waals surface area contributed by atoms with Gasteiger partial charge in [-0.25, -0.2) is 0 Å². The van der Waals surface area contributed by atoms with E-state index >= 15 is 0 Å². The summed E-state index contributed by atoms with van der Waals surface area (Å²) in [5.41, 5.74) is 1.29. The molecule has 0 aromatic heterocycles. The van der Waals surface area contributed by atoms with Gasteiger partial charge in [-0.05, 0) is 55.5 Å². The molecule has 0 saturated carbocycles. The number of aliphatic hydroxyl groups is 1. The Kier molecular flexibility index (Phi) is 14.1. The van der Waals surface area contributed by atoms with Crippen LogP contribution in [-0.2, 0) is 40.1 Å². The van der Waals surface area contributed by atoms with Crippen LogP contribution in [-0.4, -0.2) is 78.4 Å². The molecule has 0 radical (unpaired) electrons. The van der Waals surface area contributed by atoms with Crippen molar-refractivity contribution in [2.24, 2.45) is 11.8 Å². The number of Topliss-reactive ketones (excluding diaryl/α,β-unsaturated/α-hetero) is 1. The van der Waals surface area contributed by atoms with Crippen LogP contribution in [0.1, 0.15) is 39.2 Å². The minimum Gasteiger partial charge on any atom is -0.392 e. The van der Waals surface area contributed by atoms with E-state index in [1.807, 2.05) is 13.8 Å². The number of hydrogen-bond acceptors (Lipinski definition) is 8. The first-order valence-corrected chi connectivity index (χ1v) is 14.4. The van der Waals surface area contributed by atoms with E-state index in [1.54, 1.807) is 31.2 Å². The topological polar surface area (TPSA) is 151 Å². The Morgan fingerprint density at radius 3 is 2.05 bits per heavy atom. The molecular weight excluding hydrogens is 654 g/mol. The number of nitrogens with zero attached hydrogens (tertiary/aromatic N) is 1. The number of ketones is 1. The summed E-state index contributed by atoms with van der Waals surface area (Å²) in [7, 11) is 0. The molecule has 1 heterocycles. The number of carbonyl (C=O) groups excluding carboxylic acids is 5. The van der Waals surface area contributed by atoms with Gasteiger partial charge in [-0.2, -0.15) is 0 Å². The van der Waals surface area contributed by atoms with Gasteiger partial charge in [0, 0.05) is 24.4 Å². The second-order valence-electron chi connectivity index (χ2n) is 9.57. The van der Waals surface area contributed by atoms with Gasteiger partial charge >= 0.3 is 0 Å². The van der Waals surface area contributed by atoms with Crippen molar-refractivity contribution >= 4 is 67.0 Å². The minimum absolute atomic E-state index is 0.0316. The van der Waals surface area contributed by atoms with Gasteiger partial charge < -0.3 is 25.2 Å². The third-order valence-electron chi connectivity index (χ3n) is 6.05. The maximum absolute atomic E-state index is 12.9. The van der Waals surface area contributed by atoms with Gasteiger partial charge in [0.15, 0.2) is 5.78 Å². The van der Waals surface area contributed by atoms with E-state index in [1.165, 1.54) is 0 Å². The largest absolute Gasteiger partial charge is 0.392 e. The Bertz CT molecular complexity index is 1080. The maximum Gasteiger partial charge on any atom is 0.269 e. The van der Waals surface area contributed by atoms with Gasteiger partial charge in [0.25, 0.3) is 11.8 Å². The number of imide groups is 1. The van der Waals surface area contributed by atoms with E-state index in [-0.39, 0.29) is 84.9 Å². The third kappa shape index (κ3) is 10.2. The summed E-state index contributed by atoms with van der Waals surface area (Å²) in [6.45, 7) is 6.00. The second kappa shape index (κ2) is 16.7. The van der Waals surface area contributed by atoms with Crippen molar-refractivity contribution in [3.63, 3.8) is 0 Å². The summed E-state index contributed by atoms with van der Waals surface area (Å²) >= 11 is 6.12. The number of anilines is 1. The predicted octanol–water partition coefficient (Wildman–Crippen LogP) is 2.65. The Morgan fingerprint density at radius 1 is 0.925 bits per heavy atom. The lowest BCUT2D eigenvalue weighted by atomic mass is 9.92. The highest BCUT2D eigenvalue weighted by atomic mass is 79.9. The summed E-state index contributed by atoms with van der Waals surface area (Å²) < 4.78 is 11.2. The Balaban J connectivity index is 1.65. The highest BCUT2D eigenvalue weighted by Crippen LogP contribution is 2.29. The summed E-state index contributed by atoms with van der Waals surface area (Å²) in [5, 5.41) is 14.6. The van der Waals surface area contributed by atoms with Gasteiger partial charge in [-0.15, -0.1) is 0 Å². The van der Waals surface area contributed by atoms with Crippen LogP contribution in [0.3, 0.4) is 0 Å². The molecule has 0 spiro atoms. The zero-order chi connectivity index (χ0) is 29.8. The van der Waals surface area contributed by atoms with E-state index in [4.69, 9.17) is 14.6 Å². The zero-order valence-corrected chi connectivity index (χ0v) is 25.9. The van der Waals surface area contributed by atoms with Crippen molar-refractivity contribution in [1.82, 2.24) is 10.2 Å². The fraction of sp³-hybridized carbons (Fsp3) is 0.519. The van der Waals surface area contributed by atoms with Crippen molar-refractivity contribution in [3.8, 4) is 0 Å². The van der Waals surface area contributed by atoms with Crippen molar-refractivity contribution in [2.75, 3.05) is 38.3 Å². The normalized spacial score (nSPS) is 15.0. The van der Waals surface area contributed by atoms with E-state index in [2.05, 4.69) is 42.5 Å². The molecule has 1 aliphatic rings. The molecule has 4 amide bonds. The lowest BCUT2D eigenvalue weighted by Gasteiger charge is -2.23. The molecule has 0 bridgehead atoms. The maximum atomic E-state index is 12.9. The van der Waals surface area contributed by atoms with Crippen LogP contribution in [0.15, 0.2) is 33.2 Å². The summed E-state index contributed by atoms with van der Waals surface area (Å²) in [4.78, 5) is 62.8. The summed E-state index contributed by atoms with van der Waals surface area (Å²) in [6, 6.07) is 6.02. The first-order chi connectivity index (χ1) is 19.0. The number of nitrogens with one attached hydrogen (secondary N) is 2. The van der Waals surface area contributed by atoms with E-state index < -0.39 is 23.8 Å². The standard InChI is InChI=1S/C27H35Br2N3O8/c1-16(2)24(20(34)14-17(3)25(36)30-19-6-4-18(15-33)5-7-19)31-21(35)8-10-39-12-13-40-11-9-32-26(37)22(28)23(29)27(32)38/h4-7,16-17,24,33H,8-15H2,1-3H3,(H,30,36)(H,31,35)/t17-,24+/m1/s1. The molecule has 220 valence electrons. The molecule has 2 atom stereocenters. The SMILES string of the molecule is CC(C)[C@H](NC(=O)CCOCCOCCN1C(=O)C(Br)=C(Br)C1=O)C(=O)C[C@@H](C)C(=O)Nc1ccc(CO)cc1. The Hall–Kier alpha value is -2.45. The van der Waals surface area contributed by atoms with Crippen molar-refractivity contribution in [3.05, 3.63) is 38.8 Å². The lowest BCUT2D eigenvalue weighted by Crippen LogP contribution is -2.45. The molecule has 1 aromatic carbocycles. The average molecular weight is 689 g/mol. The number of ether oxygens (including phenoxy) is 2. The van der Waals surface area contributed by atoms with Crippen LogP contribution >= 0.6 is 31.9 Å². The number of amides is 4. The molecule has 40 heavy (non-hydrogen) atoms. The van der Waals surface area contributed by atoms with Crippen molar-refractivity contribution < 1.29 is 38.6 Å². The van der Waals surface area contributed by atoms with Crippen LogP contribution in [0.25, 0.3) is 0 Å². The van der Waals surface area contributed by atoms with Gasteiger partial charge in [0.05, 0.1) is 45.6 Å². The minimum atomic E-state index is -0.736. The monoisotopic (exact) mass is 687 g/mol. The highest BCUT2D eigenvalue weighted by molar-refractivity contribution is 9.14.